The summed E-state index contributed by atoms with van der Waals surface area (Å²) in [5.74, 6) is 1.49. The number of aliphatic carboxylic acids is 1. The van der Waals surface area contributed by atoms with Crippen molar-refractivity contribution in [2.45, 2.75) is 83.3 Å². The fourth-order valence-corrected chi connectivity index (χ4v) is 5.12. The largest absolute Gasteiger partial charge is 0.480 e. The Morgan fingerprint density at radius 1 is 1.00 bits per heavy atom. The standard InChI is InChI=1S/C17H29NO2/c1-11-7-8-12(2)15(9-11)18-14-6-4-3-5-13(14)10-16(18)17(19)20/h11-16H,3-10H2,1-2H3,(H,19,20). The summed E-state index contributed by atoms with van der Waals surface area (Å²) in [7, 11) is 0. The normalized spacial score (nSPS) is 46.1. The molecule has 1 N–H and O–H groups in total. The quantitative estimate of drug-likeness (QED) is 0.840. The topological polar surface area (TPSA) is 40.5 Å². The van der Waals surface area contributed by atoms with Crippen LogP contribution in [0.25, 0.3) is 0 Å². The third-order valence-corrected chi connectivity index (χ3v) is 6.22. The van der Waals surface area contributed by atoms with E-state index >= 15 is 0 Å². The van der Waals surface area contributed by atoms with E-state index in [1.54, 1.807) is 0 Å². The Labute approximate surface area is 122 Å². The summed E-state index contributed by atoms with van der Waals surface area (Å²) in [5, 5.41) is 9.67. The number of rotatable bonds is 2. The van der Waals surface area contributed by atoms with Gasteiger partial charge in [0.25, 0.3) is 0 Å². The van der Waals surface area contributed by atoms with Crippen LogP contribution in [0.5, 0.6) is 0 Å². The first-order chi connectivity index (χ1) is 9.58. The number of hydrogen-bond donors (Lipinski definition) is 1. The Morgan fingerprint density at radius 2 is 1.75 bits per heavy atom. The van der Waals surface area contributed by atoms with Crippen molar-refractivity contribution in [2.24, 2.45) is 17.8 Å². The zero-order chi connectivity index (χ0) is 14.3. The minimum absolute atomic E-state index is 0.208. The molecule has 1 aliphatic heterocycles. The number of likely N-dealkylation sites (tertiary alicyclic amines) is 1. The van der Waals surface area contributed by atoms with Gasteiger partial charge >= 0.3 is 5.97 Å². The molecule has 0 aromatic carbocycles. The maximum atomic E-state index is 11.7. The molecule has 0 radical (unpaired) electrons. The minimum Gasteiger partial charge on any atom is -0.480 e. The molecule has 1 saturated heterocycles. The Kier molecular flexibility index (Phi) is 4.07. The van der Waals surface area contributed by atoms with Crippen LogP contribution in [0.4, 0.5) is 0 Å². The van der Waals surface area contributed by atoms with E-state index < -0.39 is 5.97 Å². The van der Waals surface area contributed by atoms with Gasteiger partial charge in [-0.25, -0.2) is 0 Å². The highest BCUT2D eigenvalue weighted by molar-refractivity contribution is 5.74. The van der Waals surface area contributed by atoms with Crippen LogP contribution in [0.1, 0.15) is 65.2 Å². The van der Waals surface area contributed by atoms with Crippen LogP contribution in [-0.2, 0) is 4.79 Å². The number of fused-ring (bicyclic) bond motifs is 1. The average molecular weight is 279 g/mol. The van der Waals surface area contributed by atoms with E-state index in [-0.39, 0.29) is 6.04 Å². The number of carbonyl (C=O) groups is 1. The summed E-state index contributed by atoms with van der Waals surface area (Å²) in [6.07, 6.45) is 9.77. The molecule has 20 heavy (non-hydrogen) atoms. The summed E-state index contributed by atoms with van der Waals surface area (Å²) in [6, 6.07) is 0.858. The molecule has 6 unspecified atom stereocenters. The third-order valence-electron chi connectivity index (χ3n) is 6.22. The number of hydrogen-bond acceptors (Lipinski definition) is 2. The van der Waals surface area contributed by atoms with Crippen LogP contribution in [-0.4, -0.2) is 34.1 Å². The van der Waals surface area contributed by atoms with E-state index in [0.29, 0.717) is 23.9 Å². The highest BCUT2D eigenvalue weighted by atomic mass is 16.4. The molecule has 6 atom stereocenters. The average Bonchev–Trinajstić information content (AvgIpc) is 2.81. The molecule has 2 aliphatic carbocycles. The first-order valence-corrected chi connectivity index (χ1v) is 8.58. The summed E-state index contributed by atoms with van der Waals surface area (Å²) in [5.41, 5.74) is 0. The van der Waals surface area contributed by atoms with Gasteiger partial charge in [-0.2, -0.15) is 0 Å². The van der Waals surface area contributed by atoms with Crippen LogP contribution in [0, 0.1) is 17.8 Å². The van der Waals surface area contributed by atoms with Gasteiger partial charge in [-0.15, -0.1) is 0 Å². The molecular weight excluding hydrogens is 250 g/mol. The maximum absolute atomic E-state index is 11.7. The predicted molar refractivity (Wildman–Crippen MR) is 79.6 cm³/mol. The van der Waals surface area contributed by atoms with Gasteiger partial charge < -0.3 is 5.11 Å². The predicted octanol–water partition coefficient (Wildman–Crippen LogP) is 3.53. The molecule has 2 saturated carbocycles. The van der Waals surface area contributed by atoms with Gasteiger partial charge in [0.05, 0.1) is 0 Å². The summed E-state index contributed by atoms with van der Waals surface area (Å²) < 4.78 is 0. The maximum Gasteiger partial charge on any atom is 0.320 e. The van der Waals surface area contributed by atoms with E-state index in [1.807, 2.05) is 0 Å². The Bertz CT molecular complexity index is 370. The van der Waals surface area contributed by atoms with E-state index in [1.165, 1.54) is 44.9 Å². The van der Waals surface area contributed by atoms with E-state index in [4.69, 9.17) is 0 Å². The Hall–Kier alpha value is -0.570. The molecule has 0 aromatic rings. The van der Waals surface area contributed by atoms with Crippen LogP contribution in [0.3, 0.4) is 0 Å². The van der Waals surface area contributed by atoms with Gasteiger partial charge in [0.1, 0.15) is 6.04 Å². The molecule has 3 aliphatic rings. The lowest BCUT2D eigenvalue weighted by atomic mass is 9.78. The first kappa shape index (κ1) is 14.4. The second kappa shape index (κ2) is 5.67. The monoisotopic (exact) mass is 279 g/mol. The van der Waals surface area contributed by atoms with Crippen LogP contribution >= 0.6 is 0 Å². The molecule has 3 heteroatoms. The van der Waals surface area contributed by atoms with Gasteiger partial charge in [-0.05, 0) is 49.9 Å². The highest BCUT2D eigenvalue weighted by Crippen LogP contribution is 2.45. The van der Waals surface area contributed by atoms with Crippen molar-refractivity contribution >= 4 is 5.97 Å². The van der Waals surface area contributed by atoms with Gasteiger partial charge in [0.2, 0.25) is 0 Å². The van der Waals surface area contributed by atoms with Crippen molar-refractivity contribution in [1.82, 2.24) is 4.90 Å². The summed E-state index contributed by atoms with van der Waals surface area (Å²) in [6.45, 7) is 4.68. The summed E-state index contributed by atoms with van der Waals surface area (Å²) >= 11 is 0. The van der Waals surface area contributed by atoms with Gasteiger partial charge in [-0.3, -0.25) is 9.69 Å². The molecule has 0 amide bonds. The molecule has 0 bridgehead atoms. The lowest BCUT2D eigenvalue weighted by Gasteiger charge is -2.45. The van der Waals surface area contributed by atoms with Crippen molar-refractivity contribution in [3.63, 3.8) is 0 Å². The van der Waals surface area contributed by atoms with E-state index in [2.05, 4.69) is 18.7 Å². The second-order valence-electron chi connectivity index (χ2n) is 7.61. The first-order valence-electron chi connectivity index (χ1n) is 8.58. The van der Waals surface area contributed by atoms with Gasteiger partial charge in [-0.1, -0.05) is 33.1 Å². The lowest BCUT2D eigenvalue weighted by Crippen LogP contribution is -2.52. The smallest absolute Gasteiger partial charge is 0.320 e. The molecule has 0 spiro atoms. The van der Waals surface area contributed by atoms with Crippen molar-refractivity contribution in [3.05, 3.63) is 0 Å². The van der Waals surface area contributed by atoms with E-state index in [0.717, 1.165) is 12.3 Å². The molecule has 3 rings (SSSR count). The Morgan fingerprint density at radius 3 is 2.50 bits per heavy atom. The Balaban J connectivity index is 1.84. The molecule has 3 fully saturated rings. The van der Waals surface area contributed by atoms with Crippen molar-refractivity contribution < 1.29 is 9.90 Å². The molecule has 114 valence electrons. The third kappa shape index (κ3) is 2.49. The summed E-state index contributed by atoms with van der Waals surface area (Å²) in [4.78, 5) is 14.2. The van der Waals surface area contributed by atoms with Crippen molar-refractivity contribution in [2.75, 3.05) is 0 Å². The van der Waals surface area contributed by atoms with E-state index in [9.17, 15) is 9.90 Å². The number of nitrogens with zero attached hydrogens (tertiary/aromatic N) is 1. The molecular formula is C17H29NO2. The zero-order valence-corrected chi connectivity index (χ0v) is 12.9. The van der Waals surface area contributed by atoms with Crippen LogP contribution < -0.4 is 0 Å². The minimum atomic E-state index is -0.579. The van der Waals surface area contributed by atoms with Crippen LogP contribution in [0.15, 0.2) is 0 Å². The lowest BCUT2D eigenvalue weighted by molar-refractivity contribution is -0.144. The van der Waals surface area contributed by atoms with Gasteiger partial charge in [0.15, 0.2) is 0 Å². The SMILES string of the molecule is CC1CCC(C)C(N2C(C(=O)O)CC3CCCCC32)C1. The number of carboxylic acids is 1. The molecule has 0 aromatic heterocycles. The second-order valence-corrected chi connectivity index (χ2v) is 7.61. The van der Waals surface area contributed by atoms with Crippen molar-refractivity contribution in [1.29, 1.82) is 0 Å². The van der Waals surface area contributed by atoms with Crippen molar-refractivity contribution in [3.8, 4) is 0 Å². The fraction of sp³-hybridized carbons (Fsp3) is 0.941. The van der Waals surface area contributed by atoms with Crippen LogP contribution in [0.2, 0.25) is 0 Å². The molecule has 1 heterocycles. The zero-order valence-electron chi connectivity index (χ0n) is 12.9. The van der Waals surface area contributed by atoms with Gasteiger partial charge in [0, 0.05) is 12.1 Å². The fourth-order valence-electron chi connectivity index (χ4n) is 5.12. The number of carboxylic acid groups (broad SMARTS) is 1. The molecule has 3 nitrogen and oxygen atoms in total. The highest BCUT2D eigenvalue weighted by Gasteiger charge is 2.49.